The summed E-state index contributed by atoms with van der Waals surface area (Å²) >= 11 is 1.54. The fraction of sp³-hybridized carbons (Fsp3) is 0.154. The molecular weight excluding hydrogens is 260 g/mol. The van der Waals surface area contributed by atoms with Crippen LogP contribution >= 0.6 is 11.3 Å². The lowest BCUT2D eigenvalue weighted by Crippen LogP contribution is -2.17. The lowest BCUT2D eigenvalue weighted by atomic mass is 10.2. The van der Waals surface area contributed by atoms with Gasteiger partial charge in [-0.05, 0) is 18.2 Å². The summed E-state index contributed by atoms with van der Waals surface area (Å²) in [7, 11) is 3.56. The molecular formula is C13H12N4OS. The maximum atomic E-state index is 11.6. The molecule has 1 aromatic carbocycles. The molecule has 0 saturated heterocycles. The molecule has 0 aliphatic rings. The molecule has 1 N–H and O–H groups in total. The van der Waals surface area contributed by atoms with Crippen LogP contribution in [-0.4, -0.2) is 27.5 Å². The van der Waals surface area contributed by atoms with Crippen molar-refractivity contribution in [3.63, 3.8) is 0 Å². The van der Waals surface area contributed by atoms with E-state index in [1.165, 1.54) is 11.3 Å². The minimum absolute atomic E-state index is 0.109. The maximum absolute atomic E-state index is 11.6. The largest absolute Gasteiger partial charge is 0.355 e. The SMILES string of the molecule is CNC(=O)c1ccc2c(c1)nc(-c1cscn1)n2C. The topological polar surface area (TPSA) is 59.8 Å². The number of thiazole rings is 1. The van der Waals surface area contributed by atoms with Gasteiger partial charge >= 0.3 is 0 Å². The van der Waals surface area contributed by atoms with Crippen molar-refractivity contribution < 1.29 is 4.79 Å². The molecule has 1 amide bonds. The number of carbonyl (C=O) groups is 1. The molecule has 3 aromatic rings. The van der Waals surface area contributed by atoms with Crippen molar-refractivity contribution in [3.8, 4) is 11.5 Å². The molecule has 0 radical (unpaired) electrons. The van der Waals surface area contributed by atoms with Gasteiger partial charge in [0, 0.05) is 25.0 Å². The number of benzene rings is 1. The van der Waals surface area contributed by atoms with Crippen molar-refractivity contribution >= 4 is 28.3 Å². The van der Waals surface area contributed by atoms with Gasteiger partial charge in [-0.1, -0.05) is 0 Å². The molecule has 0 aliphatic heterocycles. The third-order valence-corrected chi connectivity index (χ3v) is 3.62. The summed E-state index contributed by atoms with van der Waals surface area (Å²) in [4.78, 5) is 20.5. The zero-order chi connectivity index (χ0) is 13.4. The average Bonchev–Trinajstić information content (AvgIpc) is 3.05. The van der Waals surface area contributed by atoms with E-state index < -0.39 is 0 Å². The molecule has 96 valence electrons. The smallest absolute Gasteiger partial charge is 0.251 e. The van der Waals surface area contributed by atoms with Crippen LogP contribution in [0.1, 0.15) is 10.4 Å². The molecule has 3 rings (SSSR count). The summed E-state index contributed by atoms with van der Waals surface area (Å²) in [6, 6.07) is 5.50. The van der Waals surface area contributed by atoms with E-state index in [0.717, 1.165) is 22.6 Å². The number of carbonyl (C=O) groups excluding carboxylic acids is 1. The van der Waals surface area contributed by atoms with Gasteiger partial charge in [0.2, 0.25) is 0 Å². The predicted molar refractivity (Wildman–Crippen MR) is 75.2 cm³/mol. The van der Waals surface area contributed by atoms with Crippen LogP contribution in [0.25, 0.3) is 22.6 Å². The number of hydrogen-bond donors (Lipinski definition) is 1. The Hall–Kier alpha value is -2.21. The fourth-order valence-electron chi connectivity index (χ4n) is 2.04. The van der Waals surface area contributed by atoms with Crippen LogP contribution in [0.2, 0.25) is 0 Å². The first-order valence-electron chi connectivity index (χ1n) is 5.78. The highest BCUT2D eigenvalue weighted by molar-refractivity contribution is 7.07. The summed E-state index contributed by atoms with van der Waals surface area (Å²) in [5.74, 6) is 0.702. The zero-order valence-corrected chi connectivity index (χ0v) is 11.4. The van der Waals surface area contributed by atoms with Crippen molar-refractivity contribution in [3.05, 3.63) is 34.7 Å². The molecule has 2 heterocycles. The van der Waals surface area contributed by atoms with Crippen LogP contribution in [0, 0.1) is 0 Å². The highest BCUT2D eigenvalue weighted by atomic mass is 32.1. The van der Waals surface area contributed by atoms with Crippen molar-refractivity contribution in [1.29, 1.82) is 0 Å². The van der Waals surface area contributed by atoms with Gasteiger partial charge in [0.25, 0.3) is 5.91 Å². The van der Waals surface area contributed by atoms with Gasteiger partial charge in [0.1, 0.15) is 5.69 Å². The Morgan fingerprint density at radius 1 is 1.42 bits per heavy atom. The molecule has 0 saturated carbocycles. The summed E-state index contributed by atoms with van der Waals surface area (Å²) in [5.41, 5.74) is 5.02. The summed E-state index contributed by atoms with van der Waals surface area (Å²) in [5, 5.41) is 4.57. The quantitative estimate of drug-likeness (QED) is 0.776. The van der Waals surface area contributed by atoms with Gasteiger partial charge in [-0.25, -0.2) is 9.97 Å². The van der Waals surface area contributed by atoms with E-state index in [1.54, 1.807) is 24.7 Å². The molecule has 0 unspecified atom stereocenters. The van der Waals surface area contributed by atoms with Crippen molar-refractivity contribution in [2.45, 2.75) is 0 Å². The minimum Gasteiger partial charge on any atom is -0.355 e. The van der Waals surface area contributed by atoms with Gasteiger partial charge in [-0.2, -0.15) is 0 Å². The number of amides is 1. The second-order valence-corrected chi connectivity index (χ2v) is 4.87. The zero-order valence-electron chi connectivity index (χ0n) is 10.5. The molecule has 5 nitrogen and oxygen atoms in total. The molecule has 0 fully saturated rings. The highest BCUT2D eigenvalue weighted by Crippen LogP contribution is 2.24. The highest BCUT2D eigenvalue weighted by Gasteiger charge is 2.13. The van der Waals surface area contributed by atoms with Gasteiger partial charge < -0.3 is 9.88 Å². The number of nitrogens with zero attached hydrogens (tertiary/aromatic N) is 3. The summed E-state index contributed by atoms with van der Waals surface area (Å²) in [6.45, 7) is 0. The maximum Gasteiger partial charge on any atom is 0.251 e. The van der Waals surface area contributed by atoms with E-state index in [0.29, 0.717) is 5.56 Å². The molecule has 6 heteroatoms. The molecule has 0 atom stereocenters. The van der Waals surface area contributed by atoms with E-state index in [9.17, 15) is 4.79 Å². The summed E-state index contributed by atoms with van der Waals surface area (Å²) in [6.07, 6.45) is 0. The first-order chi connectivity index (χ1) is 9.20. The van der Waals surface area contributed by atoms with E-state index in [2.05, 4.69) is 15.3 Å². The van der Waals surface area contributed by atoms with Gasteiger partial charge in [0.15, 0.2) is 5.82 Å². The lowest BCUT2D eigenvalue weighted by molar-refractivity contribution is 0.0963. The number of rotatable bonds is 2. The van der Waals surface area contributed by atoms with Crippen molar-refractivity contribution in [1.82, 2.24) is 19.9 Å². The number of imidazole rings is 1. The second kappa shape index (κ2) is 4.47. The first kappa shape index (κ1) is 11.9. The second-order valence-electron chi connectivity index (χ2n) is 4.15. The minimum atomic E-state index is -0.109. The number of hydrogen-bond acceptors (Lipinski definition) is 4. The standard InChI is InChI=1S/C13H12N4OS/c1-14-13(18)8-3-4-11-9(5-8)16-12(17(11)2)10-6-19-7-15-10/h3-7H,1-2H3,(H,14,18). The number of aromatic nitrogens is 3. The van der Waals surface area contributed by atoms with E-state index >= 15 is 0 Å². The third kappa shape index (κ3) is 1.90. The van der Waals surface area contributed by atoms with Crippen molar-refractivity contribution in [2.24, 2.45) is 7.05 Å². The van der Waals surface area contributed by atoms with Crippen LogP contribution in [0.3, 0.4) is 0 Å². The third-order valence-electron chi connectivity index (χ3n) is 3.03. The van der Waals surface area contributed by atoms with Gasteiger partial charge in [0.05, 0.1) is 16.5 Å². The predicted octanol–water partition coefficient (Wildman–Crippen LogP) is 2.06. The fourth-order valence-corrected chi connectivity index (χ4v) is 2.57. The van der Waals surface area contributed by atoms with E-state index in [4.69, 9.17) is 0 Å². The van der Waals surface area contributed by atoms with E-state index in [-0.39, 0.29) is 5.91 Å². The van der Waals surface area contributed by atoms with Crippen LogP contribution in [0.5, 0.6) is 0 Å². The molecule has 19 heavy (non-hydrogen) atoms. The van der Waals surface area contributed by atoms with E-state index in [1.807, 2.05) is 23.1 Å². The Morgan fingerprint density at radius 2 is 2.26 bits per heavy atom. The van der Waals surface area contributed by atoms with Gasteiger partial charge in [-0.15, -0.1) is 11.3 Å². The van der Waals surface area contributed by atoms with Gasteiger partial charge in [-0.3, -0.25) is 4.79 Å². The molecule has 0 aliphatic carbocycles. The summed E-state index contributed by atoms with van der Waals surface area (Å²) < 4.78 is 1.98. The number of nitrogens with one attached hydrogen (secondary N) is 1. The molecule has 0 spiro atoms. The molecule has 2 aromatic heterocycles. The average molecular weight is 272 g/mol. The first-order valence-corrected chi connectivity index (χ1v) is 6.72. The Morgan fingerprint density at radius 3 is 2.95 bits per heavy atom. The number of fused-ring (bicyclic) bond motifs is 1. The van der Waals surface area contributed by atoms with Crippen LogP contribution < -0.4 is 5.32 Å². The Labute approximate surface area is 113 Å². The molecule has 0 bridgehead atoms. The Bertz CT molecular complexity index is 745. The van der Waals surface area contributed by atoms with Crippen LogP contribution in [0.4, 0.5) is 0 Å². The van der Waals surface area contributed by atoms with Crippen molar-refractivity contribution in [2.75, 3.05) is 7.05 Å². The Balaban J connectivity index is 2.18. The van der Waals surface area contributed by atoms with Crippen LogP contribution in [0.15, 0.2) is 29.1 Å². The normalized spacial score (nSPS) is 10.8. The lowest BCUT2D eigenvalue weighted by Gasteiger charge is -2.00. The Kier molecular flexibility index (Phi) is 2.79. The van der Waals surface area contributed by atoms with Crippen LogP contribution in [-0.2, 0) is 7.05 Å². The number of aryl methyl sites for hydroxylation is 1. The monoisotopic (exact) mass is 272 g/mol.